The van der Waals surface area contributed by atoms with Crippen LogP contribution < -0.4 is 10.1 Å². The second-order valence-electron chi connectivity index (χ2n) is 6.43. The van der Waals surface area contributed by atoms with E-state index < -0.39 is 17.9 Å². The van der Waals surface area contributed by atoms with Crippen LogP contribution >= 0.6 is 0 Å². The molecule has 1 aliphatic carbocycles. The number of esters is 1. The van der Waals surface area contributed by atoms with Gasteiger partial charge in [-0.1, -0.05) is 17.7 Å². The molecule has 5 nitrogen and oxygen atoms in total. The van der Waals surface area contributed by atoms with Crippen molar-refractivity contribution in [1.82, 2.24) is 5.32 Å². The van der Waals surface area contributed by atoms with E-state index in [0.29, 0.717) is 12.1 Å². The Morgan fingerprint density at radius 3 is 2.77 bits per heavy atom. The van der Waals surface area contributed by atoms with Crippen LogP contribution in [0.1, 0.15) is 44.6 Å². The van der Waals surface area contributed by atoms with Crippen molar-refractivity contribution in [3.8, 4) is 5.75 Å². The zero-order valence-electron chi connectivity index (χ0n) is 15.3. The molecule has 1 aromatic rings. The summed E-state index contributed by atoms with van der Waals surface area (Å²) in [5.41, 5.74) is 1.84. The largest absolute Gasteiger partial charge is 0.494 e. The van der Waals surface area contributed by atoms with Gasteiger partial charge in [0.05, 0.1) is 13.5 Å². The molecule has 26 heavy (non-hydrogen) atoms. The normalized spacial score (nSPS) is 15.0. The summed E-state index contributed by atoms with van der Waals surface area (Å²) in [7, 11) is 1.37. The second-order valence-corrected chi connectivity index (χ2v) is 6.43. The summed E-state index contributed by atoms with van der Waals surface area (Å²) < 4.78 is 23.6. The average Bonchev–Trinajstić information content (AvgIpc) is 2.62. The lowest BCUT2D eigenvalue weighted by atomic mass is 9.97. The Morgan fingerprint density at radius 2 is 2.12 bits per heavy atom. The summed E-state index contributed by atoms with van der Waals surface area (Å²) in [5.74, 6) is -1.33. The van der Waals surface area contributed by atoms with Crippen LogP contribution in [0.25, 0.3) is 0 Å². The molecule has 6 heteroatoms. The molecule has 1 atom stereocenters. The quantitative estimate of drug-likeness (QED) is 0.568. The van der Waals surface area contributed by atoms with Crippen LogP contribution in [0.15, 0.2) is 29.8 Å². The number of amides is 1. The van der Waals surface area contributed by atoms with E-state index in [2.05, 4.69) is 11.4 Å². The Kier molecular flexibility index (Phi) is 7.63. The molecular formula is C20H26FNO4. The van der Waals surface area contributed by atoms with E-state index in [1.807, 2.05) is 0 Å². The van der Waals surface area contributed by atoms with Crippen molar-refractivity contribution >= 4 is 11.9 Å². The minimum Gasteiger partial charge on any atom is -0.494 e. The van der Waals surface area contributed by atoms with Crippen LogP contribution in [0, 0.1) is 5.82 Å². The molecule has 142 valence electrons. The number of hydrogen-bond acceptors (Lipinski definition) is 4. The zero-order chi connectivity index (χ0) is 18.9. The number of carbonyl (C=O) groups excluding carboxylic acids is 2. The van der Waals surface area contributed by atoms with Gasteiger partial charge < -0.3 is 14.8 Å². The molecular weight excluding hydrogens is 337 g/mol. The Morgan fingerprint density at radius 1 is 1.31 bits per heavy atom. The molecule has 0 radical (unpaired) electrons. The van der Waals surface area contributed by atoms with Gasteiger partial charge in [-0.3, -0.25) is 9.59 Å². The Balaban J connectivity index is 1.74. The average molecular weight is 363 g/mol. The van der Waals surface area contributed by atoms with Gasteiger partial charge in [0, 0.05) is 6.54 Å². The van der Waals surface area contributed by atoms with Crippen molar-refractivity contribution in [3.63, 3.8) is 0 Å². The first-order valence-electron chi connectivity index (χ1n) is 8.97. The van der Waals surface area contributed by atoms with Gasteiger partial charge in [-0.25, -0.2) is 4.39 Å². The molecule has 1 aromatic carbocycles. The van der Waals surface area contributed by atoms with Crippen molar-refractivity contribution in [2.75, 3.05) is 13.7 Å². The van der Waals surface area contributed by atoms with Crippen molar-refractivity contribution in [3.05, 3.63) is 41.2 Å². The summed E-state index contributed by atoms with van der Waals surface area (Å²) in [5, 5.41) is 2.79. The molecule has 0 bridgehead atoms. The molecule has 1 amide bonds. The molecule has 0 unspecified atom stereocenters. The van der Waals surface area contributed by atoms with Crippen LogP contribution in [0.3, 0.4) is 0 Å². The van der Waals surface area contributed by atoms with Crippen molar-refractivity contribution < 1.29 is 23.5 Å². The fourth-order valence-electron chi connectivity index (χ4n) is 2.90. The third-order valence-electron chi connectivity index (χ3n) is 4.37. The number of halogens is 1. The van der Waals surface area contributed by atoms with E-state index in [-0.39, 0.29) is 18.1 Å². The smallest absolute Gasteiger partial charge is 0.311 e. The van der Waals surface area contributed by atoms with Gasteiger partial charge >= 0.3 is 5.97 Å². The monoisotopic (exact) mass is 363 g/mol. The molecule has 0 spiro atoms. The van der Waals surface area contributed by atoms with Gasteiger partial charge in [0.25, 0.3) is 5.91 Å². The molecule has 1 N–H and O–H groups in total. The fourth-order valence-corrected chi connectivity index (χ4v) is 2.90. The molecule has 2 rings (SSSR count). The van der Waals surface area contributed by atoms with E-state index in [0.717, 1.165) is 19.3 Å². The van der Waals surface area contributed by atoms with E-state index in [9.17, 15) is 14.0 Å². The number of nitrogens with one attached hydrogen (secondary N) is 1. The molecule has 1 aliphatic rings. The van der Waals surface area contributed by atoms with Gasteiger partial charge in [0.1, 0.15) is 0 Å². The van der Waals surface area contributed by atoms with Gasteiger partial charge in [0.15, 0.2) is 17.7 Å². The highest BCUT2D eigenvalue weighted by Gasteiger charge is 2.18. The number of methoxy groups -OCH3 is 1. The van der Waals surface area contributed by atoms with Crippen molar-refractivity contribution in [2.24, 2.45) is 0 Å². The third-order valence-corrected chi connectivity index (χ3v) is 4.37. The minimum atomic E-state index is -0.883. The van der Waals surface area contributed by atoms with Crippen LogP contribution in [0.4, 0.5) is 4.39 Å². The maximum absolute atomic E-state index is 13.6. The van der Waals surface area contributed by atoms with E-state index >= 15 is 0 Å². The third kappa shape index (κ3) is 6.17. The molecule has 0 aromatic heterocycles. The Hall–Kier alpha value is -2.37. The molecule has 0 saturated carbocycles. The number of ether oxygens (including phenoxy) is 2. The van der Waals surface area contributed by atoms with E-state index in [4.69, 9.17) is 9.47 Å². The highest BCUT2D eigenvalue weighted by atomic mass is 19.1. The lowest BCUT2D eigenvalue weighted by Crippen LogP contribution is -2.36. The topological polar surface area (TPSA) is 64.6 Å². The van der Waals surface area contributed by atoms with Crippen molar-refractivity contribution in [1.29, 1.82) is 0 Å². The van der Waals surface area contributed by atoms with Crippen LogP contribution in [0.5, 0.6) is 5.75 Å². The summed E-state index contributed by atoms with van der Waals surface area (Å²) in [6, 6.07) is 4.27. The first kappa shape index (κ1) is 19.9. The van der Waals surface area contributed by atoms with Crippen molar-refractivity contribution in [2.45, 2.75) is 51.6 Å². The van der Waals surface area contributed by atoms with Crippen LogP contribution in [0.2, 0.25) is 0 Å². The highest BCUT2D eigenvalue weighted by Crippen LogP contribution is 2.20. The molecule has 0 saturated heterocycles. The maximum Gasteiger partial charge on any atom is 0.311 e. The summed E-state index contributed by atoms with van der Waals surface area (Å²) in [6.45, 7) is 2.07. The first-order chi connectivity index (χ1) is 12.5. The second kappa shape index (κ2) is 9.94. The summed E-state index contributed by atoms with van der Waals surface area (Å²) >= 11 is 0. The number of hydrogen-bond donors (Lipinski definition) is 1. The first-order valence-corrected chi connectivity index (χ1v) is 8.97. The van der Waals surface area contributed by atoms with Gasteiger partial charge in [-0.05, 0) is 56.7 Å². The van der Waals surface area contributed by atoms with Crippen LogP contribution in [-0.4, -0.2) is 31.6 Å². The lowest BCUT2D eigenvalue weighted by Gasteiger charge is -2.15. The molecule has 0 heterocycles. The Bertz CT molecular complexity index is 672. The standard InChI is InChI=1S/C20H26FNO4/c1-14(20(24)22-11-10-15-6-4-3-5-7-15)26-19(23)13-16-8-9-18(25-2)17(21)12-16/h6,8-9,12,14H,3-5,7,10-11,13H2,1-2H3,(H,22,24)/t14-/m0/s1. The summed E-state index contributed by atoms with van der Waals surface area (Å²) in [4.78, 5) is 24.0. The molecule has 0 fully saturated rings. The predicted molar refractivity (Wildman–Crippen MR) is 96.4 cm³/mol. The maximum atomic E-state index is 13.6. The number of rotatable bonds is 8. The van der Waals surface area contributed by atoms with E-state index in [1.54, 1.807) is 6.07 Å². The fraction of sp³-hybridized carbons (Fsp3) is 0.500. The minimum absolute atomic E-state index is 0.106. The highest BCUT2D eigenvalue weighted by molar-refractivity contribution is 5.83. The van der Waals surface area contributed by atoms with Gasteiger partial charge in [-0.15, -0.1) is 0 Å². The van der Waals surface area contributed by atoms with Crippen LogP contribution in [-0.2, 0) is 20.7 Å². The predicted octanol–water partition coefficient (Wildman–Crippen LogP) is 3.32. The SMILES string of the molecule is COc1ccc(CC(=O)O[C@@H](C)C(=O)NCCC2=CCCCC2)cc1F. The van der Waals surface area contributed by atoms with E-state index in [1.165, 1.54) is 44.6 Å². The lowest BCUT2D eigenvalue weighted by molar-refractivity contribution is -0.154. The number of allylic oxidation sites excluding steroid dienone is 1. The number of benzene rings is 1. The van der Waals surface area contributed by atoms with Gasteiger partial charge in [-0.2, -0.15) is 0 Å². The van der Waals surface area contributed by atoms with Gasteiger partial charge in [0.2, 0.25) is 0 Å². The molecule has 0 aliphatic heterocycles. The Labute approximate surface area is 153 Å². The summed E-state index contributed by atoms with van der Waals surface area (Å²) in [6.07, 6.45) is 6.74. The zero-order valence-corrected chi connectivity index (χ0v) is 15.3. The number of carbonyl (C=O) groups is 2.